The third-order valence-corrected chi connectivity index (χ3v) is 6.06. The molecule has 0 amide bonds. The van der Waals surface area contributed by atoms with Crippen LogP contribution < -0.4 is 9.47 Å². The second-order valence-corrected chi connectivity index (χ2v) is 7.00. The van der Waals surface area contributed by atoms with Crippen LogP contribution in [0.15, 0.2) is 58.8 Å². The van der Waals surface area contributed by atoms with Gasteiger partial charge in [0.15, 0.2) is 0 Å². The van der Waals surface area contributed by atoms with E-state index < -0.39 is 0 Å². The van der Waals surface area contributed by atoms with E-state index in [1.807, 2.05) is 24.3 Å². The molecule has 21 heavy (non-hydrogen) atoms. The van der Waals surface area contributed by atoms with Gasteiger partial charge in [-0.3, -0.25) is 0 Å². The van der Waals surface area contributed by atoms with E-state index in [4.69, 9.17) is 9.47 Å². The van der Waals surface area contributed by atoms with Gasteiger partial charge in [-0.2, -0.15) is 0 Å². The summed E-state index contributed by atoms with van der Waals surface area (Å²) in [5, 5.41) is 8.85. The molecule has 0 atom stereocenters. The van der Waals surface area contributed by atoms with Crippen LogP contribution in [0.5, 0.6) is 11.5 Å². The maximum absolute atomic E-state index is 5.24. The summed E-state index contributed by atoms with van der Waals surface area (Å²) >= 11 is 0.260. The van der Waals surface area contributed by atoms with Gasteiger partial charge < -0.3 is 0 Å². The first-order valence-electron chi connectivity index (χ1n) is 6.60. The van der Waals surface area contributed by atoms with E-state index in [0.717, 1.165) is 28.1 Å². The van der Waals surface area contributed by atoms with Crippen LogP contribution in [0.2, 0.25) is 0 Å². The SMILES string of the molecule is COc1ccc(C2(c3ccc(OC)cc3)N=NC[Se]2)cc1. The number of ether oxygens (including phenoxy) is 2. The third kappa shape index (κ3) is 2.55. The van der Waals surface area contributed by atoms with Crippen LogP contribution in [0.1, 0.15) is 11.1 Å². The van der Waals surface area contributed by atoms with Crippen molar-refractivity contribution < 1.29 is 9.47 Å². The Bertz CT molecular complexity index is 591. The van der Waals surface area contributed by atoms with Crippen molar-refractivity contribution >= 4 is 15.0 Å². The summed E-state index contributed by atoms with van der Waals surface area (Å²) in [6.45, 7) is 0. The fourth-order valence-corrected chi connectivity index (χ4v) is 4.51. The van der Waals surface area contributed by atoms with Crippen LogP contribution in [-0.2, 0) is 4.44 Å². The Morgan fingerprint density at radius 3 is 1.67 bits per heavy atom. The number of hydrogen-bond donors (Lipinski definition) is 0. The molecule has 3 rings (SSSR count). The number of azo groups is 1. The second kappa shape index (κ2) is 5.88. The Balaban J connectivity index is 2.03. The molecule has 0 fully saturated rings. The van der Waals surface area contributed by atoms with Gasteiger partial charge in [-0.1, -0.05) is 0 Å². The molecule has 0 spiro atoms. The Labute approximate surface area is 130 Å². The Hall–Kier alpha value is -1.84. The van der Waals surface area contributed by atoms with E-state index in [0.29, 0.717) is 0 Å². The third-order valence-electron chi connectivity index (χ3n) is 3.51. The van der Waals surface area contributed by atoms with Gasteiger partial charge in [0.25, 0.3) is 0 Å². The van der Waals surface area contributed by atoms with E-state index in [9.17, 15) is 0 Å². The van der Waals surface area contributed by atoms with Crippen LogP contribution in [0.4, 0.5) is 0 Å². The van der Waals surface area contributed by atoms with Gasteiger partial charge in [-0.15, -0.1) is 0 Å². The van der Waals surface area contributed by atoms with E-state index in [1.54, 1.807) is 14.2 Å². The fourth-order valence-electron chi connectivity index (χ4n) is 2.36. The van der Waals surface area contributed by atoms with Crippen molar-refractivity contribution in [3.63, 3.8) is 0 Å². The first-order chi connectivity index (χ1) is 10.3. The average Bonchev–Trinajstić information content (AvgIpc) is 3.06. The monoisotopic (exact) mass is 348 g/mol. The van der Waals surface area contributed by atoms with E-state index in [1.165, 1.54) is 0 Å². The van der Waals surface area contributed by atoms with Gasteiger partial charge in [0.1, 0.15) is 0 Å². The Morgan fingerprint density at radius 2 is 1.33 bits per heavy atom. The van der Waals surface area contributed by atoms with Gasteiger partial charge in [-0.05, 0) is 0 Å². The number of benzene rings is 2. The van der Waals surface area contributed by atoms with Gasteiger partial charge in [0.05, 0.1) is 0 Å². The molecule has 1 heterocycles. The molecule has 0 aliphatic carbocycles. The molecule has 5 heteroatoms. The van der Waals surface area contributed by atoms with Crippen molar-refractivity contribution in [2.24, 2.45) is 10.2 Å². The number of hydrogen-bond acceptors (Lipinski definition) is 4. The minimum atomic E-state index is -0.328. The van der Waals surface area contributed by atoms with Gasteiger partial charge in [0.2, 0.25) is 0 Å². The molecule has 2 aromatic rings. The molecule has 1 aliphatic heterocycles. The molecule has 0 bridgehead atoms. The first-order valence-corrected chi connectivity index (χ1v) is 8.67. The summed E-state index contributed by atoms with van der Waals surface area (Å²) in [5.74, 6) is 1.71. The van der Waals surface area contributed by atoms with Crippen LogP contribution in [0, 0.1) is 0 Å². The zero-order chi connectivity index (χ0) is 14.7. The molecular formula is C16H16N2O2Se. The van der Waals surface area contributed by atoms with Gasteiger partial charge in [-0.25, -0.2) is 0 Å². The summed E-state index contributed by atoms with van der Waals surface area (Å²) in [7, 11) is 3.35. The maximum atomic E-state index is 5.24. The summed E-state index contributed by atoms with van der Waals surface area (Å²) in [6.07, 6.45) is 0. The Kier molecular flexibility index (Phi) is 3.95. The van der Waals surface area contributed by atoms with Crippen molar-refractivity contribution in [2.45, 2.75) is 4.44 Å². The zero-order valence-electron chi connectivity index (χ0n) is 11.9. The molecule has 2 aromatic carbocycles. The standard InChI is InChI=1S/C16H16N2O2Se/c1-19-14-7-3-12(4-8-14)16(18-17-11-21-16)13-5-9-15(20-2)10-6-13/h3-10H,11H2,1-2H3. The molecule has 0 radical (unpaired) electrons. The normalized spacial score (nSPS) is 15.9. The molecule has 1 aliphatic rings. The van der Waals surface area contributed by atoms with Crippen molar-refractivity contribution in [1.29, 1.82) is 0 Å². The molecule has 0 saturated heterocycles. The van der Waals surface area contributed by atoms with E-state index >= 15 is 0 Å². The molecule has 0 N–H and O–H groups in total. The minimum absolute atomic E-state index is 0.260. The number of rotatable bonds is 4. The van der Waals surface area contributed by atoms with Crippen LogP contribution in [0.3, 0.4) is 0 Å². The van der Waals surface area contributed by atoms with Crippen LogP contribution in [-0.4, -0.2) is 34.6 Å². The molecule has 0 aromatic heterocycles. The van der Waals surface area contributed by atoms with Crippen molar-refractivity contribution in [2.75, 3.05) is 19.7 Å². The zero-order valence-corrected chi connectivity index (χ0v) is 13.7. The predicted molar refractivity (Wildman–Crippen MR) is 82.2 cm³/mol. The quantitative estimate of drug-likeness (QED) is 0.798. The van der Waals surface area contributed by atoms with Crippen LogP contribution in [0.25, 0.3) is 0 Å². The summed E-state index contributed by atoms with van der Waals surface area (Å²) < 4.78 is 10.1. The van der Waals surface area contributed by atoms with Gasteiger partial charge >= 0.3 is 130 Å². The summed E-state index contributed by atoms with van der Waals surface area (Å²) in [5.41, 5.74) is 3.13. The number of methoxy groups -OCH3 is 2. The molecule has 108 valence electrons. The first kappa shape index (κ1) is 14.1. The van der Waals surface area contributed by atoms with Crippen molar-refractivity contribution in [1.82, 2.24) is 0 Å². The fraction of sp³-hybridized carbons (Fsp3) is 0.250. The number of nitrogens with zero attached hydrogens (tertiary/aromatic N) is 2. The van der Waals surface area contributed by atoms with Crippen molar-refractivity contribution in [3.05, 3.63) is 59.7 Å². The molecule has 0 saturated carbocycles. The van der Waals surface area contributed by atoms with Crippen LogP contribution >= 0.6 is 0 Å². The molecule has 4 nitrogen and oxygen atoms in total. The van der Waals surface area contributed by atoms with E-state index in [-0.39, 0.29) is 19.4 Å². The average molecular weight is 347 g/mol. The molecular weight excluding hydrogens is 331 g/mol. The Morgan fingerprint density at radius 1 is 0.857 bits per heavy atom. The topological polar surface area (TPSA) is 43.2 Å². The van der Waals surface area contributed by atoms with E-state index in [2.05, 4.69) is 34.5 Å². The summed E-state index contributed by atoms with van der Waals surface area (Å²) in [6, 6.07) is 16.2. The predicted octanol–water partition coefficient (Wildman–Crippen LogP) is 3.03. The summed E-state index contributed by atoms with van der Waals surface area (Å²) in [4.78, 5) is 0. The second-order valence-electron chi connectivity index (χ2n) is 4.62. The van der Waals surface area contributed by atoms with Crippen molar-refractivity contribution in [3.8, 4) is 11.5 Å². The molecule has 0 unspecified atom stereocenters. The van der Waals surface area contributed by atoms with Gasteiger partial charge in [0, 0.05) is 0 Å².